The average Bonchev–Trinajstić information content (AvgIpc) is 2.61. The van der Waals surface area contributed by atoms with E-state index in [4.69, 9.17) is 14.7 Å². The van der Waals surface area contributed by atoms with Crippen molar-refractivity contribution in [3.8, 4) is 17.6 Å². The first-order valence-corrected chi connectivity index (χ1v) is 7.85. The number of carbonyl (C=O) groups excluding carboxylic acids is 1. The van der Waals surface area contributed by atoms with Crippen molar-refractivity contribution in [2.45, 2.75) is 19.3 Å². The van der Waals surface area contributed by atoms with Crippen LogP contribution in [0.1, 0.15) is 30.4 Å². The maximum atomic E-state index is 12.2. The van der Waals surface area contributed by atoms with Crippen LogP contribution in [-0.4, -0.2) is 19.1 Å². The number of fused-ring (bicyclic) bond motifs is 1. The predicted molar refractivity (Wildman–Crippen MR) is 90.3 cm³/mol. The molecule has 1 atom stereocenters. The molecule has 5 nitrogen and oxygen atoms in total. The van der Waals surface area contributed by atoms with E-state index in [0.717, 1.165) is 17.1 Å². The molecule has 1 aliphatic heterocycles. The SMILES string of the molecule is CC(CC(=O)Nc1cccc(C#N)c1)c1ccc2c(c1)OCCO2. The fraction of sp³-hybridized carbons (Fsp3) is 0.263. The number of rotatable bonds is 4. The summed E-state index contributed by atoms with van der Waals surface area (Å²) >= 11 is 0. The van der Waals surface area contributed by atoms with E-state index in [0.29, 0.717) is 30.9 Å². The van der Waals surface area contributed by atoms with Crippen molar-refractivity contribution in [2.24, 2.45) is 0 Å². The topological polar surface area (TPSA) is 71.4 Å². The number of hydrogen-bond acceptors (Lipinski definition) is 4. The fourth-order valence-corrected chi connectivity index (χ4v) is 2.64. The maximum Gasteiger partial charge on any atom is 0.224 e. The van der Waals surface area contributed by atoms with Crippen molar-refractivity contribution in [1.29, 1.82) is 5.26 Å². The first-order valence-electron chi connectivity index (χ1n) is 7.85. The number of ether oxygens (including phenoxy) is 2. The Morgan fingerprint density at radius 3 is 2.79 bits per heavy atom. The molecule has 0 saturated carbocycles. The summed E-state index contributed by atoms with van der Waals surface area (Å²) in [6, 6.07) is 14.7. The number of amides is 1. The van der Waals surface area contributed by atoms with Crippen molar-refractivity contribution in [1.82, 2.24) is 0 Å². The second kappa shape index (κ2) is 7.05. The van der Waals surface area contributed by atoms with Gasteiger partial charge in [-0.25, -0.2) is 0 Å². The van der Waals surface area contributed by atoms with Crippen LogP contribution in [0, 0.1) is 11.3 Å². The van der Waals surface area contributed by atoms with Crippen LogP contribution in [-0.2, 0) is 4.79 Å². The average molecular weight is 322 g/mol. The lowest BCUT2D eigenvalue weighted by molar-refractivity contribution is -0.116. The highest BCUT2D eigenvalue weighted by Crippen LogP contribution is 2.33. The van der Waals surface area contributed by atoms with Gasteiger partial charge in [0.15, 0.2) is 11.5 Å². The van der Waals surface area contributed by atoms with Crippen LogP contribution in [0.4, 0.5) is 5.69 Å². The molecule has 0 fully saturated rings. The number of anilines is 1. The smallest absolute Gasteiger partial charge is 0.224 e. The number of benzene rings is 2. The molecule has 24 heavy (non-hydrogen) atoms. The van der Waals surface area contributed by atoms with Crippen molar-refractivity contribution in [3.05, 3.63) is 53.6 Å². The number of nitriles is 1. The van der Waals surface area contributed by atoms with Gasteiger partial charge in [0.05, 0.1) is 11.6 Å². The van der Waals surface area contributed by atoms with Crippen LogP contribution < -0.4 is 14.8 Å². The molecule has 2 aromatic carbocycles. The molecule has 0 aliphatic carbocycles. The van der Waals surface area contributed by atoms with Gasteiger partial charge < -0.3 is 14.8 Å². The molecule has 0 saturated heterocycles. The van der Waals surface area contributed by atoms with E-state index in [-0.39, 0.29) is 11.8 Å². The lowest BCUT2D eigenvalue weighted by Gasteiger charge is -2.20. The summed E-state index contributed by atoms with van der Waals surface area (Å²) in [5.41, 5.74) is 2.18. The molecule has 0 aromatic heterocycles. The standard InChI is InChI=1S/C19H18N2O3/c1-13(15-5-6-17-18(11-15)24-8-7-23-17)9-19(22)21-16-4-2-3-14(10-16)12-20/h2-6,10-11,13H,7-9H2,1H3,(H,21,22). The molecule has 2 aromatic rings. The minimum atomic E-state index is -0.0903. The molecule has 1 heterocycles. The molecule has 1 aliphatic rings. The Kier molecular flexibility index (Phi) is 4.66. The zero-order chi connectivity index (χ0) is 16.9. The number of hydrogen-bond donors (Lipinski definition) is 1. The molecule has 0 bridgehead atoms. The van der Waals surface area contributed by atoms with Crippen molar-refractivity contribution >= 4 is 11.6 Å². The Labute approximate surface area is 140 Å². The minimum absolute atomic E-state index is 0.0416. The van der Waals surface area contributed by atoms with Crippen LogP contribution in [0.2, 0.25) is 0 Å². The van der Waals surface area contributed by atoms with E-state index in [9.17, 15) is 4.79 Å². The lowest BCUT2D eigenvalue weighted by Crippen LogP contribution is -2.16. The third kappa shape index (κ3) is 3.66. The molecule has 1 unspecified atom stereocenters. The number of carbonyl (C=O) groups is 1. The summed E-state index contributed by atoms with van der Waals surface area (Å²) in [6.07, 6.45) is 0.344. The summed E-state index contributed by atoms with van der Waals surface area (Å²) in [7, 11) is 0. The van der Waals surface area contributed by atoms with Crippen LogP contribution in [0.15, 0.2) is 42.5 Å². The summed E-state index contributed by atoms with van der Waals surface area (Å²) < 4.78 is 11.1. The third-order valence-corrected chi connectivity index (χ3v) is 3.90. The first kappa shape index (κ1) is 15.9. The third-order valence-electron chi connectivity index (χ3n) is 3.90. The van der Waals surface area contributed by atoms with Crippen LogP contribution in [0.3, 0.4) is 0 Å². The van der Waals surface area contributed by atoms with Gasteiger partial charge in [-0.2, -0.15) is 5.26 Å². The minimum Gasteiger partial charge on any atom is -0.486 e. The zero-order valence-electron chi connectivity index (χ0n) is 13.4. The van der Waals surface area contributed by atoms with Gasteiger partial charge in [0, 0.05) is 12.1 Å². The fourth-order valence-electron chi connectivity index (χ4n) is 2.64. The van der Waals surface area contributed by atoms with Gasteiger partial charge in [-0.15, -0.1) is 0 Å². The lowest BCUT2D eigenvalue weighted by atomic mass is 9.97. The Morgan fingerprint density at radius 1 is 1.21 bits per heavy atom. The molecule has 122 valence electrons. The van der Waals surface area contributed by atoms with Crippen molar-refractivity contribution < 1.29 is 14.3 Å². The van der Waals surface area contributed by atoms with Gasteiger partial charge in [-0.3, -0.25) is 4.79 Å². The Bertz CT molecular complexity index is 795. The molecule has 0 radical (unpaired) electrons. The molecule has 0 spiro atoms. The Morgan fingerprint density at radius 2 is 2.00 bits per heavy atom. The number of nitrogens with one attached hydrogen (secondary N) is 1. The van der Waals surface area contributed by atoms with Crippen molar-refractivity contribution in [3.63, 3.8) is 0 Å². The van der Waals surface area contributed by atoms with Gasteiger partial charge in [0.1, 0.15) is 13.2 Å². The summed E-state index contributed by atoms with van der Waals surface area (Å²) in [5.74, 6) is 1.43. The van der Waals surface area contributed by atoms with Gasteiger partial charge in [-0.1, -0.05) is 19.1 Å². The summed E-state index contributed by atoms with van der Waals surface area (Å²) in [6.45, 7) is 3.10. The highest BCUT2D eigenvalue weighted by atomic mass is 16.6. The summed E-state index contributed by atoms with van der Waals surface area (Å²) in [4.78, 5) is 12.2. The van der Waals surface area contributed by atoms with Crippen LogP contribution in [0.25, 0.3) is 0 Å². The highest BCUT2D eigenvalue weighted by Gasteiger charge is 2.16. The van der Waals surface area contributed by atoms with E-state index in [2.05, 4.69) is 11.4 Å². The monoisotopic (exact) mass is 322 g/mol. The van der Waals surface area contributed by atoms with E-state index < -0.39 is 0 Å². The normalized spacial score (nSPS) is 13.7. The second-order valence-electron chi connectivity index (χ2n) is 5.75. The molecular weight excluding hydrogens is 304 g/mol. The van der Waals surface area contributed by atoms with E-state index in [1.54, 1.807) is 24.3 Å². The molecule has 5 heteroatoms. The maximum absolute atomic E-state index is 12.2. The van der Waals surface area contributed by atoms with Crippen molar-refractivity contribution in [2.75, 3.05) is 18.5 Å². The first-order chi connectivity index (χ1) is 11.7. The Hall–Kier alpha value is -3.00. The largest absolute Gasteiger partial charge is 0.486 e. The highest BCUT2D eigenvalue weighted by molar-refractivity contribution is 5.91. The van der Waals surface area contributed by atoms with Gasteiger partial charge in [0.25, 0.3) is 0 Å². The summed E-state index contributed by atoms with van der Waals surface area (Å²) in [5, 5.41) is 11.7. The Balaban J connectivity index is 1.64. The second-order valence-corrected chi connectivity index (χ2v) is 5.75. The van der Waals surface area contributed by atoms with Crippen LogP contribution in [0.5, 0.6) is 11.5 Å². The van der Waals surface area contributed by atoms with E-state index in [1.807, 2.05) is 25.1 Å². The zero-order valence-corrected chi connectivity index (χ0v) is 13.4. The molecule has 3 rings (SSSR count). The van der Waals surface area contributed by atoms with Gasteiger partial charge in [-0.05, 0) is 41.8 Å². The number of nitrogens with zero attached hydrogens (tertiary/aromatic N) is 1. The van der Waals surface area contributed by atoms with Gasteiger partial charge in [0.2, 0.25) is 5.91 Å². The van der Waals surface area contributed by atoms with Crippen LogP contribution >= 0.6 is 0 Å². The molecular formula is C19H18N2O3. The molecule has 1 amide bonds. The van der Waals surface area contributed by atoms with E-state index >= 15 is 0 Å². The van der Waals surface area contributed by atoms with E-state index in [1.165, 1.54) is 0 Å². The quantitative estimate of drug-likeness (QED) is 0.935. The van der Waals surface area contributed by atoms with Gasteiger partial charge >= 0.3 is 0 Å². The predicted octanol–water partition coefficient (Wildman–Crippen LogP) is 3.46. The molecule has 1 N–H and O–H groups in total.